The van der Waals surface area contributed by atoms with Crippen molar-refractivity contribution in [2.75, 3.05) is 27.4 Å². The topological polar surface area (TPSA) is 84.4 Å². The molecule has 2 aromatic heterocycles. The van der Waals surface area contributed by atoms with Crippen molar-refractivity contribution in [2.24, 2.45) is 5.73 Å². The average molecular weight is 340 g/mol. The van der Waals surface area contributed by atoms with Gasteiger partial charge in [-0.1, -0.05) is 0 Å². The Labute approximate surface area is 146 Å². The Hall–Kier alpha value is -3.06. The maximum Gasteiger partial charge on any atom is 0.233 e. The van der Waals surface area contributed by atoms with E-state index in [1.807, 2.05) is 36.4 Å². The summed E-state index contributed by atoms with van der Waals surface area (Å²) >= 11 is 0. The number of benzene rings is 1. The molecule has 3 rings (SSSR count). The van der Waals surface area contributed by atoms with Crippen LogP contribution in [0.3, 0.4) is 0 Å². The Morgan fingerprint density at radius 3 is 2.36 bits per heavy atom. The maximum absolute atomic E-state index is 5.52. The van der Waals surface area contributed by atoms with Crippen molar-refractivity contribution >= 4 is 0 Å². The molecule has 0 radical (unpaired) electrons. The largest absolute Gasteiger partial charge is 0.492 e. The lowest BCUT2D eigenvalue weighted by atomic mass is 10.1. The maximum atomic E-state index is 5.52. The molecule has 7 nitrogen and oxygen atoms in total. The van der Waals surface area contributed by atoms with E-state index >= 15 is 0 Å². The third-order valence-electron chi connectivity index (χ3n) is 3.61. The highest BCUT2D eigenvalue weighted by Gasteiger charge is 2.13. The van der Waals surface area contributed by atoms with E-state index in [0.717, 1.165) is 22.7 Å². The first-order chi connectivity index (χ1) is 12.2. The number of nitrogens with zero attached hydrogens (tertiary/aromatic N) is 3. The first-order valence-electron chi connectivity index (χ1n) is 7.83. The molecule has 0 aliphatic heterocycles. The normalized spacial score (nSPS) is 10.5. The van der Waals surface area contributed by atoms with E-state index in [2.05, 4.69) is 10.1 Å². The van der Waals surface area contributed by atoms with Crippen LogP contribution in [0.2, 0.25) is 0 Å². The fraction of sp³-hybridized carbons (Fsp3) is 0.222. The van der Waals surface area contributed by atoms with Crippen LogP contribution in [0.5, 0.6) is 17.5 Å². The number of rotatable bonds is 7. The number of hydrogen-bond donors (Lipinski definition) is 1. The van der Waals surface area contributed by atoms with Crippen LogP contribution in [-0.2, 0) is 0 Å². The van der Waals surface area contributed by atoms with Gasteiger partial charge in [-0.25, -0.2) is 9.67 Å². The molecule has 0 bridgehead atoms. The number of ether oxygens (including phenoxy) is 3. The van der Waals surface area contributed by atoms with Gasteiger partial charge in [0.15, 0.2) is 0 Å². The van der Waals surface area contributed by atoms with Crippen molar-refractivity contribution in [3.63, 3.8) is 0 Å². The second-order valence-corrected chi connectivity index (χ2v) is 5.20. The third-order valence-corrected chi connectivity index (χ3v) is 3.61. The lowest BCUT2D eigenvalue weighted by Crippen LogP contribution is -2.10. The fourth-order valence-corrected chi connectivity index (χ4v) is 2.38. The second-order valence-electron chi connectivity index (χ2n) is 5.20. The van der Waals surface area contributed by atoms with E-state index in [0.29, 0.717) is 24.9 Å². The van der Waals surface area contributed by atoms with Gasteiger partial charge in [-0.05, 0) is 30.3 Å². The summed E-state index contributed by atoms with van der Waals surface area (Å²) in [5.74, 6) is 1.85. The molecule has 2 N–H and O–H groups in total. The Morgan fingerprint density at radius 2 is 1.76 bits per heavy atom. The van der Waals surface area contributed by atoms with Gasteiger partial charge in [-0.15, -0.1) is 5.10 Å². The number of nitrogens with two attached hydrogens (primary N) is 1. The van der Waals surface area contributed by atoms with Crippen LogP contribution >= 0.6 is 0 Å². The molecule has 0 saturated heterocycles. The molecule has 0 amide bonds. The molecular weight excluding hydrogens is 320 g/mol. The Balaban J connectivity index is 1.96. The molecule has 0 aliphatic rings. The quantitative estimate of drug-likeness (QED) is 0.710. The van der Waals surface area contributed by atoms with Crippen molar-refractivity contribution in [1.82, 2.24) is 14.8 Å². The highest BCUT2D eigenvalue weighted by molar-refractivity contribution is 5.64. The van der Waals surface area contributed by atoms with Crippen molar-refractivity contribution in [3.05, 3.63) is 48.7 Å². The lowest BCUT2D eigenvalue weighted by Gasteiger charge is -2.09. The van der Waals surface area contributed by atoms with Gasteiger partial charge < -0.3 is 19.9 Å². The summed E-state index contributed by atoms with van der Waals surface area (Å²) < 4.78 is 17.7. The molecule has 1 aromatic carbocycles. The van der Waals surface area contributed by atoms with E-state index in [4.69, 9.17) is 19.9 Å². The van der Waals surface area contributed by atoms with Crippen LogP contribution in [0.4, 0.5) is 0 Å². The minimum atomic E-state index is 0.482. The zero-order chi connectivity index (χ0) is 17.6. The van der Waals surface area contributed by atoms with Crippen LogP contribution in [0, 0.1) is 0 Å². The van der Waals surface area contributed by atoms with E-state index in [1.165, 1.54) is 0 Å². The zero-order valence-electron chi connectivity index (χ0n) is 14.2. The number of hydrogen-bond acceptors (Lipinski definition) is 6. The molecule has 7 heteroatoms. The Bertz CT molecular complexity index is 813. The predicted molar refractivity (Wildman–Crippen MR) is 94.4 cm³/mol. The molecule has 0 spiro atoms. The SMILES string of the molecule is COc1ccc(-n2nc(OC)cc2-c2ccc(OCCN)cc2)cn1. The lowest BCUT2D eigenvalue weighted by molar-refractivity contribution is 0.328. The molecule has 0 fully saturated rings. The summed E-state index contributed by atoms with van der Waals surface area (Å²) in [4.78, 5) is 4.24. The summed E-state index contributed by atoms with van der Waals surface area (Å²) in [5, 5.41) is 4.47. The van der Waals surface area contributed by atoms with Crippen LogP contribution in [0.1, 0.15) is 0 Å². The minimum absolute atomic E-state index is 0.482. The standard InChI is InChI=1S/C18H20N4O3/c1-23-17-8-5-14(12-20-17)22-16(11-18(21-22)24-2)13-3-6-15(7-4-13)25-10-9-19/h3-8,11-12H,9-10,19H2,1-2H3. The van der Waals surface area contributed by atoms with Crippen molar-refractivity contribution in [2.45, 2.75) is 0 Å². The molecule has 2 heterocycles. The number of aromatic nitrogens is 3. The first kappa shape index (κ1) is 16.8. The monoisotopic (exact) mass is 340 g/mol. The van der Waals surface area contributed by atoms with Crippen LogP contribution < -0.4 is 19.9 Å². The summed E-state index contributed by atoms with van der Waals surface area (Å²) in [6.45, 7) is 0.971. The van der Waals surface area contributed by atoms with Crippen molar-refractivity contribution < 1.29 is 14.2 Å². The van der Waals surface area contributed by atoms with Crippen molar-refractivity contribution in [3.8, 4) is 34.5 Å². The molecule has 130 valence electrons. The van der Waals surface area contributed by atoms with Gasteiger partial charge >= 0.3 is 0 Å². The molecule has 0 atom stereocenters. The zero-order valence-corrected chi connectivity index (χ0v) is 14.2. The molecule has 3 aromatic rings. The highest BCUT2D eigenvalue weighted by atomic mass is 16.5. The van der Waals surface area contributed by atoms with E-state index in [1.54, 1.807) is 31.2 Å². The highest BCUT2D eigenvalue weighted by Crippen LogP contribution is 2.28. The Morgan fingerprint density at radius 1 is 1.00 bits per heavy atom. The molecule has 0 unspecified atom stereocenters. The molecular formula is C18H20N4O3. The van der Waals surface area contributed by atoms with Crippen LogP contribution in [0.25, 0.3) is 16.9 Å². The van der Waals surface area contributed by atoms with E-state index in [9.17, 15) is 0 Å². The smallest absolute Gasteiger partial charge is 0.233 e. The van der Waals surface area contributed by atoms with Gasteiger partial charge in [0.05, 0.1) is 31.8 Å². The average Bonchev–Trinajstić information content (AvgIpc) is 3.11. The summed E-state index contributed by atoms with van der Waals surface area (Å²) in [6.07, 6.45) is 1.70. The van der Waals surface area contributed by atoms with Gasteiger partial charge in [-0.3, -0.25) is 0 Å². The Kier molecular flexibility index (Phi) is 5.15. The molecule has 0 saturated carbocycles. The predicted octanol–water partition coefficient (Wildman–Crippen LogP) is 2.29. The second kappa shape index (κ2) is 7.67. The van der Waals surface area contributed by atoms with Gasteiger partial charge in [0.1, 0.15) is 12.4 Å². The first-order valence-corrected chi connectivity index (χ1v) is 7.83. The minimum Gasteiger partial charge on any atom is -0.492 e. The van der Waals surface area contributed by atoms with Gasteiger partial charge in [0.25, 0.3) is 0 Å². The molecule has 0 aliphatic carbocycles. The number of methoxy groups -OCH3 is 2. The van der Waals surface area contributed by atoms with Crippen molar-refractivity contribution in [1.29, 1.82) is 0 Å². The third kappa shape index (κ3) is 3.72. The van der Waals surface area contributed by atoms with Gasteiger partial charge in [0.2, 0.25) is 11.8 Å². The van der Waals surface area contributed by atoms with E-state index in [-0.39, 0.29) is 0 Å². The van der Waals surface area contributed by atoms with Crippen LogP contribution in [-0.4, -0.2) is 42.1 Å². The summed E-state index contributed by atoms with van der Waals surface area (Å²) in [7, 11) is 3.17. The van der Waals surface area contributed by atoms with Crippen LogP contribution in [0.15, 0.2) is 48.7 Å². The summed E-state index contributed by atoms with van der Waals surface area (Å²) in [6, 6.07) is 13.3. The molecule has 25 heavy (non-hydrogen) atoms. The van der Waals surface area contributed by atoms with E-state index < -0.39 is 0 Å². The number of pyridine rings is 1. The van der Waals surface area contributed by atoms with Gasteiger partial charge in [-0.2, -0.15) is 0 Å². The fourth-order valence-electron chi connectivity index (χ4n) is 2.38. The van der Waals surface area contributed by atoms with Gasteiger partial charge in [0, 0.05) is 24.2 Å². The summed E-state index contributed by atoms with van der Waals surface area (Å²) in [5.41, 5.74) is 8.12.